The largest absolute Gasteiger partial charge is 0.462 e. The molecule has 0 radical (unpaired) electrons. The lowest BCUT2D eigenvalue weighted by Crippen LogP contribution is -3.12. The average molecular weight is 385 g/mol. The highest BCUT2D eigenvalue weighted by atomic mass is 32.1. The second kappa shape index (κ2) is 9.48. The van der Waals surface area contributed by atoms with Gasteiger partial charge in [-0.1, -0.05) is 24.3 Å². The number of anilines is 1. The van der Waals surface area contributed by atoms with Crippen LogP contribution in [0.1, 0.15) is 28.4 Å². The minimum atomic E-state index is -0.309. The highest BCUT2D eigenvalue weighted by Crippen LogP contribution is 2.11. The SMILES string of the molecule is CCOC(=O)c1ccc(NC(=S)NCC[NH+]2CCc3ccccc3C2)cc1. The van der Waals surface area contributed by atoms with Crippen molar-refractivity contribution in [1.29, 1.82) is 0 Å². The molecule has 1 atom stereocenters. The van der Waals surface area contributed by atoms with Crippen LogP contribution in [-0.2, 0) is 17.7 Å². The van der Waals surface area contributed by atoms with E-state index in [9.17, 15) is 4.79 Å². The second-order valence-corrected chi connectivity index (χ2v) is 7.03. The molecule has 0 aromatic heterocycles. The van der Waals surface area contributed by atoms with Gasteiger partial charge < -0.3 is 20.3 Å². The van der Waals surface area contributed by atoms with E-state index in [1.165, 1.54) is 11.1 Å². The number of ether oxygens (including phenoxy) is 1. The number of hydrogen-bond acceptors (Lipinski definition) is 3. The first-order chi connectivity index (χ1) is 13.2. The van der Waals surface area contributed by atoms with Crippen LogP contribution in [0.15, 0.2) is 48.5 Å². The Kier molecular flexibility index (Phi) is 6.79. The molecule has 1 heterocycles. The standard InChI is InChI=1S/C21H25N3O2S/c1-2-26-20(25)17-7-9-19(10-8-17)23-21(27)22-12-14-24-13-11-16-5-3-4-6-18(16)15-24/h3-10H,2,11-15H2,1H3,(H2,22,23,27)/p+1. The van der Waals surface area contributed by atoms with Crippen molar-refractivity contribution in [2.45, 2.75) is 19.9 Å². The fourth-order valence-corrected chi connectivity index (χ4v) is 3.51. The van der Waals surface area contributed by atoms with E-state index in [1.54, 1.807) is 24.0 Å². The molecule has 0 amide bonds. The topological polar surface area (TPSA) is 54.8 Å². The zero-order chi connectivity index (χ0) is 19.1. The second-order valence-electron chi connectivity index (χ2n) is 6.62. The smallest absolute Gasteiger partial charge is 0.338 e. The number of rotatable bonds is 6. The van der Waals surface area contributed by atoms with Gasteiger partial charge >= 0.3 is 5.97 Å². The third-order valence-electron chi connectivity index (χ3n) is 4.72. The summed E-state index contributed by atoms with van der Waals surface area (Å²) in [6.45, 7) is 6.25. The van der Waals surface area contributed by atoms with Crippen LogP contribution in [0.4, 0.5) is 5.69 Å². The molecule has 1 unspecified atom stereocenters. The summed E-state index contributed by atoms with van der Waals surface area (Å²) in [5.74, 6) is -0.309. The van der Waals surface area contributed by atoms with E-state index in [1.807, 2.05) is 12.1 Å². The molecule has 0 aliphatic carbocycles. The van der Waals surface area contributed by atoms with Crippen molar-refractivity contribution in [2.75, 3.05) is 31.6 Å². The van der Waals surface area contributed by atoms with E-state index in [-0.39, 0.29) is 5.97 Å². The zero-order valence-corrected chi connectivity index (χ0v) is 16.4. The van der Waals surface area contributed by atoms with Gasteiger partial charge in [-0.2, -0.15) is 0 Å². The van der Waals surface area contributed by atoms with Gasteiger partial charge in [0.2, 0.25) is 0 Å². The van der Waals surface area contributed by atoms with Gasteiger partial charge in [0.1, 0.15) is 6.54 Å². The number of nitrogens with one attached hydrogen (secondary N) is 3. The molecule has 6 heteroatoms. The Morgan fingerprint density at radius 1 is 1.15 bits per heavy atom. The molecule has 0 saturated carbocycles. The monoisotopic (exact) mass is 384 g/mol. The van der Waals surface area contributed by atoms with E-state index in [2.05, 4.69) is 34.9 Å². The lowest BCUT2D eigenvalue weighted by Gasteiger charge is -2.26. The number of benzene rings is 2. The Balaban J connectivity index is 1.40. The van der Waals surface area contributed by atoms with Gasteiger partial charge in [0, 0.05) is 17.7 Å². The van der Waals surface area contributed by atoms with Crippen molar-refractivity contribution >= 4 is 29.0 Å². The molecule has 0 bridgehead atoms. The maximum atomic E-state index is 11.7. The fourth-order valence-electron chi connectivity index (χ4n) is 3.29. The number of hydrogen-bond donors (Lipinski definition) is 3. The van der Waals surface area contributed by atoms with E-state index < -0.39 is 0 Å². The summed E-state index contributed by atoms with van der Waals surface area (Å²) in [5.41, 5.74) is 4.33. The van der Waals surface area contributed by atoms with Gasteiger partial charge in [0.15, 0.2) is 5.11 Å². The Bertz CT molecular complexity index is 792. The zero-order valence-electron chi connectivity index (χ0n) is 15.6. The maximum absolute atomic E-state index is 11.7. The molecule has 2 aromatic carbocycles. The Morgan fingerprint density at radius 3 is 2.63 bits per heavy atom. The Morgan fingerprint density at radius 2 is 1.89 bits per heavy atom. The summed E-state index contributed by atoms with van der Waals surface area (Å²) in [7, 11) is 0. The lowest BCUT2D eigenvalue weighted by atomic mass is 10.00. The molecule has 0 fully saturated rings. The van der Waals surface area contributed by atoms with Crippen molar-refractivity contribution in [3.8, 4) is 0 Å². The molecular weight excluding hydrogens is 358 g/mol. The first kappa shape index (κ1) is 19.3. The van der Waals surface area contributed by atoms with Crippen LogP contribution >= 0.6 is 12.2 Å². The first-order valence-corrected chi connectivity index (χ1v) is 9.79. The van der Waals surface area contributed by atoms with Gasteiger partial charge in [-0.3, -0.25) is 0 Å². The third kappa shape index (κ3) is 5.52. The van der Waals surface area contributed by atoms with Gasteiger partial charge in [0.05, 0.1) is 31.8 Å². The molecule has 3 N–H and O–H groups in total. The molecule has 2 aromatic rings. The van der Waals surface area contributed by atoms with E-state index in [0.717, 1.165) is 38.3 Å². The minimum Gasteiger partial charge on any atom is -0.462 e. The molecular formula is C21H26N3O2S+. The number of carbonyl (C=O) groups is 1. The fraction of sp³-hybridized carbons (Fsp3) is 0.333. The van der Waals surface area contributed by atoms with Gasteiger partial charge in [0.25, 0.3) is 0 Å². The summed E-state index contributed by atoms with van der Waals surface area (Å²) in [5, 5.41) is 7.01. The summed E-state index contributed by atoms with van der Waals surface area (Å²) in [4.78, 5) is 13.2. The molecule has 142 valence electrons. The highest BCUT2D eigenvalue weighted by molar-refractivity contribution is 7.80. The van der Waals surface area contributed by atoms with Crippen molar-refractivity contribution in [3.63, 3.8) is 0 Å². The van der Waals surface area contributed by atoms with Crippen LogP contribution in [0.2, 0.25) is 0 Å². The van der Waals surface area contributed by atoms with Gasteiger partial charge in [-0.15, -0.1) is 0 Å². The normalized spacial score (nSPS) is 15.5. The third-order valence-corrected chi connectivity index (χ3v) is 4.97. The first-order valence-electron chi connectivity index (χ1n) is 9.38. The number of fused-ring (bicyclic) bond motifs is 1. The summed E-state index contributed by atoms with van der Waals surface area (Å²) < 4.78 is 4.98. The van der Waals surface area contributed by atoms with Gasteiger partial charge in [-0.05, 0) is 49.0 Å². The van der Waals surface area contributed by atoms with Crippen LogP contribution in [0.25, 0.3) is 0 Å². The Labute approximate surface area is 165 Å². The van der Waals surface area contributed by atoms with Crippen molar-refractivity contribution in [3.05, 3.63) is 65.2 Å². The number of thiocarbonyl (C=S) groups is 1. The predicted octanol–water partition coefficient (Wildman–Crippen LogP) is 1.79. The van der Waals surface area contributed by atoms with Crippen LogP contribution in [0, 0.1) is 0 Å². The predicted molar refractivity (Wildman–Crippen MR) is 111 cm³/mol. The number of carbonyl (C=O) groups excluding carboxylic acids is 1. The Hall–Kier alpha value is -2.44. The minimum absolute atomic E-state index is 0.309. The van der Waals surface area contributed by atoms with Crippen LogP contribution in [-0.4, -0.2) is 37.3 Å². The van der Waals surface area contributed by atoms with Crippen molar-refractivity contribution in [1.82, 2.24) is 5.32 Å². The molecule has 1 aliphatic heterocycles. The molecule has 27 heavy (non-hydrogen) atoms. The maximum Gasteiger partial charge on any atom is 0.338 e. The van der Waals surface area contributed by atoms with Crippen LogP contribution in [0.5, 0.6) is 0 Å². The highest BCUT2D eigenvalue weighted by Gasteiger charge is 2.18. The van der Waals surface area contributed by atoms with Crippen LogP contribution < -0.4 is 15.5 Å². The molecule has 0 spiro atoms. The van der Waals surface area contributed by atoms with Crippen LogP contribution in [0.3, 0.4) is 0 Å². The average Bonchev–Trinajstić information content (AvgIpc) is 2.68. The molecule has 5 nitrogen and oxygen atoms in total. The van der Waals surface area contributed by atoms with E-state index in [0.29, 0.717) is 17.3 Å². The molecule has 1 aliphatic rings. The van der Waals surface area contributed by atoms with E-state index >= 15 is 0 Å². The molecule has 0 saturated heterocycles. The summed E-state index contributed by atoms with van der Waals surface area (Å²) in [6, 6.07) is 15.8. The van der Waals surface area contributed by atoms with Crippen molar-refractivity contribution < 1.29 is 14.4 Å². The summed E-state index contributed by atoms with van der Waals surface area (Å²) >= 11 is 5.37. The summed E-state index contributed by atoms with van der Waals surface area (Å²) in [6.07, 6.45) is 1.14. The van der Waals surface area contributed by atoms with Gasteiger partial charge in [-0.25, -0.2) is 4.79 Å². The quantitative estimate of drug-likeness (QED) is 0.524. The van der Waals surface area contributed by atoms with E-state index in [4.69, 9.17) is 17.0 Å². The molecule has 3 rings (SSSR count). The lowest BCUT2D eigenvalue weighted by molar-refractivity contribution is -0.914. The number of esters is 1. The van der Waals surface area contributed by atoms with Crippen molar-refractivity contribution in [2.24, 2.45) is 0 Å². The number of quaternary nitrogens is 1.